The van der Waals surface area contributed by atoms with E-state index >= 15 is 0 Å². The van der Waals surface area contributed by atoms with Crippen molar-refractivity contribution < 1.29 is 4.11 Å². The lowest BCUT2D eigenvalue weighted by Crippen LogP contribution is -2.28. The highest BCUT2D eigenvalue weighted by Crippen LogP contribution is 2.26. The molecule has 2 aliphatic rings. The van der Waals surface area contributed by atoms with Crippen LogP contribution in [0, 0.1) is 5.89 Å². The Bertz CT molecular complexity index is 1020. The van der Waals surface area contributed by atoms with Crippen molar-refractivity contribution in [2.75, 3.05) is 0 Å². The number of hydrogen-bond donors (Lipinski definition) is 0. The summed E-state index contributed by atoms with van der Waals surface area (Å²) in [7, 11) is 0. The lowest BCUT2D eigenvalue weighted by molar-refractivity contribution is 0.711. The third-order valence-electron chi connectivity index (χ3n) is 4.30. The van der Waals surface area contributed by atoms with Crippen molar-refractivity contribution in [2.24, 2.45) is 10.9 Å². The first-order valence-corrected chi connectivity index (χ1v) is 8.53. The Morgan fingerprint density at radius 1 is 1.27 bits per heavy atom. The second-order valence-corrected chi connectivity index (χ2v) is 7.05. The van der Waals surface area contributed by atoms with Gasteiger partial charge in [0.25, 0.3) is 0 Å². The quantitative estimate of drug-likeness (QED) is 0.779. The number of nitrogens with zero attached hydrogens (tertiary/aromatic N) is 1. The lowest BCUT2D eigenvalue weighted by atomic mass is 9.91. The van der Waals surface area contributed by atoms with Crippen molar-refractivity contribution >= 4 is 38.8 Å². The number of rotatable bonds is 2. The van der Waals surface area contributed by atoms with Crippen LogP contribution < -0.4 is 9.75 Å². The van der Waals surface area contributed by atoms with Crippen LogP contribution in [0.25, 0.3) is 21.7 Å². The van der Waals surface area contributed by atoms with Gasteiger partial charge in [0.15, 0.2) is 0 Å². The van der Waals surface area contributed by atoms with E-state index in [4.69, 9.17) is 4.11 Å². The number of benzene rings is 1. The fourth-order valence-electron chi connectivity index (χ4n) is 3.08. The Balaban J connectivity index is 1.95. The van der Waals surface area contributed by atoms with Gasteiger partial charge in [-0.25, -0.2) is 0 Å². The van der Waals surface area contributed by atoms with Gasteiger partial charge in [-0.15, -0.1) is 11.3 Å². The molecule has 2 heterocycles. The van der Waals surface area contributed by atoms with Crippen molar-refractivity contribution in [1.29, 1.82) is 0 Å². The van der Waals surface area contributed by atoms with E-state index < -0.39 is 18.7 Å². The maximum Gasteiger partial charge on any atom is 0.0453 e. The van der Waals surface area contributed by atoms with E-state index in [1.165, 1.54) is 19.8 Å². The molecule has 2 atom stereocenters. The molecule has 2 heteroatoms. The summed E-state index contributed by atoms with van der Waals surface area (Å²) in [5.74, 6) is -0.867. The Kier molecular flexibility index (Phi) is 2.74. The minimum atomic E-state index is -0.867. The fourth-order valence-corrected chi connectivity index (χ4v) is 4.37. The minimum absolute atomic E-state index is 0.621. The van der Waals surface area contributed by atoms with Crippen molar-refractivity contribution in [2.45, 2.75) is 39.5 Å². The monoisotopic (exact) mass is 310 g/mol. The van der Waals surface area contributed by atoms with Crippen LogP contribution in [0.2, 0.25) is 0 Å². The van der Waals surface area contributed by atoms with Crippen molar-refractivity contribution in [3.63, 3.8) is 0 Å². The summed E-state index contributed by atoms with van der Waals surface area (Å²) in [6.07, 6.45) is 4.31. The summed E-state index contributed by atoms with van der Waals surface area (Å²) in [6, 6.07) is 8.41. The van der Waals surface area contributed by atoms with Crippen LogP contribution in [-0.4, -0.2) is 5.71 Å². The summed E-state index contributed by atoms with van der Waals surface area (Å²) >= 11 is 1.76. The van der Waals surface area contributed by atoms with Crippen LogP contribution in [0.5, 0.6) is 0 Å². The molecule has 112 valence electrons. The highest BCUT2D eigenvalue weighted by atomic mass is 32.1. The molecule has 1 aromatic carbocycles. The molecule has 2 aromatic rings. The zero-order valence-corrected chi connectivity index (χ0v) is 13.7. The van der Waals surface area contributed by atoms with E-state index in [0.29, 0.717) is 11.3 Å². The van der Waals surface area contributed by atoms with Gasteiger partial charge in [0, 0.05) is 25.3 Å². The Labute approximate surface area is 139 Å². The summed E-state index contributed by atoms with van der Waals surface area (Å²) in [5.41, 5.74) is 2.46. The third-order valence-corrected chi connectivity index (χ3v) is 5.55. The molecule has 1 aliphatic carbocycles. The van der Waals surface area contributed by atoms with Crippen LogP contribution in [0.1, 0.15) is 43.6 Å². The number of thiophene rings is 1. The highest BCUT2D eigenvalue weighted by molar-refractivity contribution is 7.17. The third kappa shape index (κ3) is 2.26. The van der Waals surface area contributed by atoms with Gasteiger partial charge < -0.3 is 0 Å². The largest absolute Gasteiger partial charge is 0.261 e. The number of fused-ring (bicyclic) bond motifs is 3. The summed E-state index contributed by atoms with van der Waals surface area (Å²) < 4.78 is 27.7. The number of aliphatic imine (C=N–C) groups is 1. The topological polar surface area (TPSA) is 12.4 Å². The average molecular weight is 310 g/mol. The molecule has 0 saturated carbocycles. The minimum Gasteiger partial charge on any atom is -0.261 e. The van der Waals surface area contributed by atoms with E-state index in [1.807, 2.05) is 0 Å². The maximum absolute atomic E-state index is 8.59. The molecule has 0 amide bonds. The fraction of sp³-hybridized carbons (Fsp3) is 0.350. The smallest absolute Gasteiger partial charge is 0.0453 e. The Hall–Kier alpha value is -1.67. The Morgan fingerprint density at radius 3 is 3.00 bits per heavy atom. The van der Waals surface area contributed by atoms with Crippen molar-refractivity contribution in [3.05, 3.63) is 45.8 Å². The molecule has 0 saturated heterocycles. The molecule has 4 rings (SSSR count). The Morgan fingerprint density at radius 2 is 2.14 bits per heavy atom. The summed E-state index contributed by atoms with van der Waals surface area (Å²) in [6.45, 7) is 3.53. The maximum atomic E-state index is 8.59. The molecule has 0 fully saturated rings. The van der Waals surface area contributed by atoms with E-state index in [1.54, 1.807) is 31.4 Å². The van der Waals surface area contributed by atoms with E-state index in [9.17, 15) is 0 Å². The van der Waals surface area contributed by atoms with Gasteiger partial charge in [-0.2, -0.15) is 0 Å². The molecule has 0 spiro atoms. The SMILES string of the molecule is [2H]C1C(C([2H])(C)C)=CN=C(C2=c3sc4ccccc4c3=CCC2)C1[2H]. The standard InChI is InChI=1S/C20H21NS/c1-13(2)14-10-11-18(21-12-14)17-8-5-7-16-15-6-3-4-9-19(15)22-20(16)17/h3-4,6-7,9,12-13H,5,8,10-11H2,1-2H3/i10D,11D,13D. The van der Waals surface area contributed by atoms with Crippen LogP contribution in [-0.2, 0) is 0 Å². The van der Waals surface area contributed by atoms with Gasteiger partial charge in [-0.3, -0.25) is 4.99 Å². The molecule has 2 unspecified atom stereocenters. The number of hydrogen-bond acceptors (Lipinski definition) is 2. The first kappa shape index (κ1) is 11.0. The van der Waals surface area contributed by atoms with E-state index in [2.05, 4.69) is 35.3 Å². The molecule has 0 N–H and O–H groups in total. The molecule has 1 aromatic heterocycles. The molecule has 0 radical (unpaired) electrons. The van der Waals surface area contributed by atoms with Gasteiger partial charge >= 0.3 is 0 Å². The van der Waals surface area contributed by atoms with Crippen LogP contribution in [0.3, 0.4) is 0 Å². The van der Waals surface area contributed by atoms with Gasteiger partial charge in [0.2, 0.25) is 0 Å². The van der Waals surface area contributed by atoms with Gasteiger partial charge in [-0.1, -0.05) is 38.1 Å². The second kappa shape index (κ2) is 5.51. The molecule has 1 aliphatic heterocycles. The number of allylic oxidation sites excluding steroid dienone is 1. The predicted molar refractivity (Wildman–Crippen MR) is 97.8 cm³/mol. The second-order valence-electron chi connectivity index (χ2n) is 5.99. The highest BCUT2D eigenvalue weighted by Gasteiger charge is 2.17. The molecule has 1 nitrogen and oxygen atoms in total. The van der Waals surface area contributed by atoms with Gasteiger partial charge in [-0.05, 0) is 59.3 Å². The summed E-state index contributed by atoms with van der Waals surface area (Å²) in [4.78, 5) is 4.58. The zero-order chi connectivity index (χ0) is 17.8. The van der Waals surface area contributed by atoms with E-state index in [-0.39, 0.29) is 0 Å². The van der Waals surface area contributed by atoms with Gasteiger partial charge in [0.1, 0.15) is 0 Å². The zero-order valence-electron chi connectivity index (χ0n) is 15.9. The molecular weight excluding hydrogens is 286 g/mol. The average Bonchev–Trinajstić information content (AvgIpc) is 2.95. The summed E-state index contributed by atoms with van der Waals surface area (Å²) in [5, 5.41) is 2.53. The van der Waals surface area contributed by atoms with Gasteiger partial charge in [0.05, 0.1) is 0 Å². The molecule has 0 bridgehead atoms. The normalized spacial score (nSPS) is 27.2. The first-order chi connectivity index (χ1) is 11.9. The van der Waals surface area contributed by atoms with Crippen LogP contribution >= 0.6 is 11.3 Å². The van der Waals surface area contributed by atoms with Crippen LogP contribution in [0.4, 0.5) is 0 Å². The predicted octanol–water partition coefficient (Wildman–Crippen LogP) is 4.40. The molecular formula is C20H21NS. The first-order valence-electron chi connectivity index (χ1n) is 9.37. The van der Waals surface area contributed by atoms with Crippen molar-refractivity contribution in [1.82, 2.24) is 0 Å². The molecule has 22 heavy (non-hydrogen) atoms. The van der Waals surface area contributed by atoms with E-state index in [0.717, 1.165) is 18.4 Å². The van der Waals surface area contributed by atoms with Crippen molar-refractivity contribution in [3.8, 4) is 0 Å². The lowest BCUT2D eigenvalue weighted by Gasteiger charge is -2.18. The van der Waals surface area contributed by atoms with Crippen LogP contribution in [0.15, 0.2) is 41.0 Å².